The maximum Gasteiger partial charge on any atom is 0.521 e. The van der Waals surface area contributed by atoms with E-state index < -0.39 is 6.42 Å². The van der Waals surface area contributed by atoms with Crippen molar-refractivity contribution in [1.29, 1.82) is 0 Å². The van der Waals surface area contributed by atoms with Crippen molar-refractivity contribution in [3.05, 3.63) is 166 Å². The molecule has 0 radical (unpaired) electrons. The fourth-order valence-corrected chi connectivity index (χ4v) is 6.58. The predicted molar refractivity (Wildman–Crippen MR) is 184 cm³/mol. The summed E-state index contributed by atoms with van der Waals surface area (Å²) >= 11 is 0. The van der Waals surface area contributed by atoms with Gasteiger partial charge in [0.1, 0.15) is 6.21 Å². The average Bonchev–Trinajstić information content (AvgIpc) is 3.61. The van der Waals surface area contributed by atoms with Crippen LogP contribution in [0.4, 0.5) is 0 Å². The maximum atomic E-state index is 3.84. The summed E-state index contributed by atoms with van der Waals surface area (Å²) in [7, 11) is 0. The molecule has 5 aromatic carbocycles. The smallest absolute Gasteiger partial charge is 0.431 e. The first-order chi connectivity index (χ1) is 21.6. The molecule has 206 valence electrons. The molecule has 2 aliphatic rings. The second-order valence-corrected chi connectivity index (χ2v) is 11.7. The Hall–Kier alpha value is -5.77. The molecule has 0 fully saturated rings. The molecule has 2 nitrogen and oxygen atoms in total. The van der Waals surface area contributed by atoms with Crippen LogP contribution in [0, 0.1) is 37.3 Å². The van der Waals surface area contributed by atoms with Crippen molar-refractivity contribution in [1.82, 2.24) is 4.48 Å². The average molecular weight is 561 g/mol. The lowest BCUT2D eigenvalue weighted by Gasteiger charge is -2.36. The molecule has 6 aromatic rings. The third-order valence-corrected chi connectivity index (χ3v) is 8.79. The van der Waals surface area contributed by atoms with Crippen molar-refractivity contribution in [2.45, 2.75) is 13.8 Å². The summed E-state index contributed by atoms with van der Waals surface area (Å²) in [5.41, 5.74) is 11.3. The van der Waals surface area contributed by atoms with E-state index in [4.69, 9.17) is 0 Å². The molecule has 0 saturated carbocycles. The lowest BCUT2D eigenvalue weighted by atomic mass is 9.45. The molecule has 0 aliphatic carbocycles. The number of rotatable bonds is 1. The van der Waals surface area contributed by atoms with Gasteiger partial charge >= 0.3 is 6.42 Å². The van der Waals surface area contributed by atoms with Crippen LogP contribution in [0.5, 0.6) is 0 Å². The standard InChI is InChI=1S/C41H29BN2/c1-30-16-20-32(21-17-30)24-26-42(27-25-33-22-18-31(2)19-23-33)43-29-35-12-6-7-13-36(35)39(43)28-40-37-14-8-9-15-38(37)41(44(40)42)34-10-4-3-5-11-34/h3-23,28-29H,1-2H3. The monoisotopic (exact) mass is 560 g/mol. The second kappa shape index (κ2) is 10.2. The lowest BCUT2D eigenvalue weighted by molar-refractivity contribution is -0.274. The van der Waals surface area contributed by atoms with Gasteiger partial charge in [-0.05, 0) is 55.8 Å². The zero-order valence-corrected chi connectivity index (χ0v) is 24.8. The molecule has 0 saturated heterocycles. The maximum absolute atomic E-state index is 3.84. The molecule has 3 heteroatoms. The van der Waals surface area contributed by atoms with E-state index in [1.165, 1.54) is 33.0 Å². The van der Waals surface area contributed by atoms with Crippen LogP contribution in [-0.2, 0) is 0 Å². The van der Waals surface area contributed by atoms with E-state index in [1.807, 2.05) is 0 Å². The van der Waals surface area contributed by atoms with Gasteiger partial charge in [0, 0.05) is 44.9 Å². The van der Waals surface area contributed by atoms with Gasteiger partial charge in [0.25, 0.3) is 0 Å². The first-order valence-electron chi connectivity index (χ1n) is 15.1. The Bertz CT molecular complexity index is 2220. The van der Waals surface area contributed by atoms with Crippen LogP contribution in [-0.4, -0.2) is 21.6 Å². The SMILES string of the molecule is Cc1ccc(C#C[B-]2(C#Cc3ccc(C)cc3)n3c(c4ccccc4c3-c3ccccc3)C=C3c4ccccc4C=[N+]32)cc1. The Labute approximate surface area is 258 Å². The zero-order valence-electron chi connectivity index (χ0n) is 24.8. The van der Waals surface area contributed by atoms with Gasteiger partial charge in [0.15, 0.2) is 5.70 Å². The summed E-state index contributed by atoms with van der Waals surface area (Å²) in [4.78, 5) is 0. The van der Waals surface area contributed by atoms with Gasteiger partial charge in [-0.2, -0.15) is 11.6 Å². The van der Waals surface area contributed by atoms with Crippen LogP contribution in [0.25, 0.3) is 33.8 Å². The normalized spacial score (nSPS) is 13.8. The van der Waals surface area contributed by atoms with Crippen LogP contribution < -0.4 is 0 Å². The Balaban J connectivity index is 1.53. The predicted octanol–water partition coefficient (Wildman–Crippen LogP) is 8.35. The van der Waals surface area contributed by atoms with Crippen molar-refractivity contribution in [2.24, 2.45) is 0 Å². The number of aromatic nitrogens is 1. The van der Waals surface area contributed by atoms with Crippen molar-refractivity contribution < 1.29 is 4.49 Å². The number of aryl methyl sites for hydroxylation is 2. The van der Waals surface area contributed by atoms with Crippen molar-refractivity contribution in [3.63, 3.8) is 0 Å². The minimum Gasteiger partial charge on any atom is -0.431 e. The molecule has 8 rings (SSSR count). The zero-order chi connectivity index (χ0) is 29.7. The molecule has 1 aromatic heterocycles. The first kappa shape index (κ1) is 25.9. The molecule has 0 bridgehead atoms. The number of hydrogen-bond acceptors (Lipinski definition) is 0. The molecular formula is C41H29BN2. The first-order valence-corrected chi connectivity index (χ1v) is 15.1. The highest BCUT2D eigenvalue weighted by atomic mass is 15.2. The number of benzene rings is 5. The van der Waals surface area contributed by atoms with Gasteiger partial charge in [-0.3, -0.25) is 0 Å². The van der Waals surface area contributed by atoms with Gasteiger partial charge in [-0.1, -0.05) is 102 Å². The lowest BCUT2D eigenvalue weighted by Crippen LogP contribution is -2.54. The van der Waals surface area contributed by atoms with Crippen LogP contribution in [0.15, 0.2) is 127 Å². The van der Waals surface area contributed by atoms with E-state index in [9.17, 15) is 0 Å². The number of nitrogens with zero attached hydrogens (tertiary/aromatic N) is 2. The Morgan fingerprint density at radius 2 is 1.16 bits per heavy atom. The minimum atomic E-state index is -2.03. The van der Waals surface area contributed by atoms with Crippen LogP contribution in [0.3, 0.4) is 0 Å². The molecule has 44 heavy (non-hydrogen) atoms. The van der Waals surface area contributed by atoms with E-state index in [2.05, 4.69) is 186 Å². The van der Waals surface area contributed by atoms with E-state index in [0.29, 0.717) is 0 Å². The summed E-state index contributed by atoms with van der Waals surface area (Å²) in [6, 6.07) is 44.9. The highest BCUT2D eigenvalue weighted by Gasteiger charge is 2.48. The summed E-state index contributed by atoms with van der Waals surface area (Å²) in [6.07, 6.45) is 2.55. The van der Waals surface area contributed by atoms with Crippen molar-refractivity contribution >= 4 is 35.2 Å². The molecule has 3 heterocycles. The molecule has 0 unspecified atom stereocenters. The quantitative estimate of drug-likeness (QED) is 0.141. The molecule has 0 N–H and O–H groups in total. The van der Waals surface area contributed by atoms with E-state index >= 15 is 0 Å². The van der Waals surface area contributed by atoms with Crippen LogP contribution in [0.2, 0.25) is 0 Å². The number of hydrogen-bond donors (Lipinski definition) is 0. The van der Waals surface area contributed by atoms with Gasteiger partial charge in [0.05, 0.1) is 5.56 Å². The third kappa shape index (κ3) is 4.14. The summed E-state index contributed by atoms with van der Waals surface area (Å²) < 4.78 is 4.79. The Morgan fingerprint density at radius 1 is 0.591 bits per heavy atom. The van der Waals surface area contributed by atoms with Gasteiger partial charge in [-0.15, -0.1) is 11.8 Å². The van der Waals surface area contributed by atoms with Gasteiger partial charge < -0.3 is 8.96 Å². The van der Waals surface area contributed by atoms with Crippen molar-refractivity contribution in [2.75, 3.05) is 0 Å². The van der Waals surface area contributed by atoms with Gasteiger partial charge in [-0.25, -0.2) is 0 Å². The van der Waals surface area contributed by atoms with Crippen LogP contribution in [0.1, 0.15) is 39.1 Å². The second-order valence-electron chi connectivity index (χ2n) is 11.7. The highest BCUT2D eigenvalue weighted by molar-refractivity contribution is 6.88. The van der Waals surface area contributed by atoms with Gasteiger partial charge in [0.2, 0.25) is 0 Å². The van der Waals surface area contributed by atoms with E-state index in [1.54, 1.807) is 0 Å². The summed E-state index contributed by atoms with van der Waals surface area (Å²) in [5, 5.41) is 2.39. The van der Waals surface area contributed by atoms with Crippen molar-refractivity contribution in [3.8, 4) is 34.7 Å². The number of fused-ring (bicyclic) bond motifs is 6. The molecule has 0 spiro atoms. The molecule has 0 amide bonds. The van der Waals surface area contributed by atoms with Crippen LogP contribution >= 0.6 is 0 Å². The summed E-state index contributed by atoms with van der Waals surface area (Å²) in [5.74, 6) is 14.9. The Kier molecular flexibility index (Phi) is 6.01. The highest BCUT2D eigenvalue weighted by Crippen LogP contribution is 2.43. The largest absolute Gasteiger partial charge is 0.521 e. The van der Waals surface area contributed by atoms with E-state index in [-0.39, 0.29) is 0 Å². The third-order valence-electron chi connectivity index (χ3n) is 8.79. The fourth-order valence-electron chi connectivity index (χ4n) is 6.58. The topological polar surface area (TPSA) is 7.94 Å². The van der Waals surface area contributed by atoms with E-state index in [0.717, 1.165) is 33.8 Å². The Morgan fingerprint density at radius 3 is 1.82 bits per heavy atom. The molecule has 2 aliphatic heterocycles. The summed E-state index contributed by atoms with van der Waals surface area (Å²) in [6.45, 7) is 4.21. The minimum absolute atomic E-state index is 0.973. The molecular weight excluding hydrogens is 531 g/mol. The fraction of sp³-hybridized carbons (Fsp3) is 0.0488. The molecule has 0 atom stereocenters.